The Morgan fingerprint density at radius 3 is 2.41 bits per heavy atom. The third-order valence-corrected chi connectivity index (χ3v) is 2.67. The molecule has 4 nitrogen and oxygen atoms in total. The Hall–Kier alpha value is -1.50. The average molecular weight is 235 g/mol. The van der Waals surface area contributed by atoms with Crippen LogP contribution in [0.1, 0.15) is 46.5 Å². The summed E-state index contributed by atoms with van der Waals surface area (Å²) in [4.78, 5) is 11.8. The Kier molecular flexibility index (Phi) is 4.56. The molecule has 1 amide bonds. The highest BCUT2D eigenvalue weighted by Crippen LogP contribution is 2.17. The highest BCUT2D eigenvalue weighted by molar-refractivity contribution is 5.97. The lowest BCUT2D eigenvalue weighted by molar-refractivity contribution is -0.118. The molecule has 0 aromatic rings. The first-order valence-corrected chi connectivity index (χ1v) is 6.11. The van der Waals surface area contributed by atoms with E-state index in [0.29, 0.717) is 6.04 Å². The van der Waals surface area contributed by atoms with Crippen LogP contribution in [0.2, 0.25) is 0 Å². The van der Waals surface area contributed by atoms with Crippen molar-refractivity contribution in [1.29, 1.82) is 5.26 Å². The molecular formula is C13H21N3O. The van der Waals surface area contributed by atoms with Gasteiger partial charge in [0.15, 0.2) is 0 Å². The molecule has 0 heterocycles. The van der Waals surface area contributed by atoms with Crippen molar-refractivity contribution < 1.29 is 4.79 Å². The van der Waals surface area contributed by atoms with Gasteiger partial charge in [0.05, 0.1) is 0 Å². The molecule has 0 aromatic heterocycles. The van der Waals surface area contributed by atoms with Crippen LogP contribution in [-0.2, 0) is 4.79 Å². The van der Waals surface area contributed by atoms with Gasteiger partial charge in [-0.1, -0.05) is 12.8 Å². The maximum absolute atomic E-state index is 11.8. The van der Waals surface area contributed by atoms with E-state index in [4.69, 9.17) is 5.26 Å². The first-order chi connectivity index (χ1) is 7.92. The van der Waals surface area contributed by atoms with Crippen LogP contribution >= 0.6 is 0 Å². The van der Waals surface area contributed by atoms with Gasteiger partial charge in [0.25, 0.3) is 5.91 Å². The fourth-order valence-corrected chi connectivity index (χ4v) is 1.85. The standard InChI is InChI=1S/C13H21N3O/c1-13(2,3)16-12(17)10(8-14)9-15-11-6-4-5-7-11/h9,11,15H,4-7H2,1-3H3,(H,16,17)/b10-9-. The van der Waals surface area contributed by atoms with E-state index in [1.165, 1.54) is 12.8 Å². The van der Waals surface area contributed by atoms with Crippen molar-refractivity contribution in [3.63, 3.8) is 0 Å². The largest absolute Gasteiger partial charge is 0.387 e. The summed E-state index contributed by atoms with van der Waals surface area (Å²) in [6.07, 6.45) is 6.24. The number of carbonyl (C=O) groups is 1. The summed E-state index contributed by atoms with van der Waals surface area (Å²) in [6.45, 7) is 5.68. The number of nitriles is 1. The van der Waals surface area contributed by atoms with E-state index in [2.05, 4.69) is 10.6 Å². The molecule has 0 saturated heterocycles. The molecule has 0 unspecified atom stereocenters. The van der Waals surface area contributed by atoms with Crippen molar-refractivity contribution in [2.24, 2.45) is 0 Å². The van der Waals surface area contributed by atoms with Gasteiger partial charge in [-0.25, -0.2) is 0 Å². The van der Waals surface area contributed by atoms with E-state index in [0.717, 1.165) is 12.8 Å². The predicted molar refractivity (Wildman–Crippen MR) is 67.0 cm³/mol. The lowest BCUT2D eigenvalue weighted by Crippen LogP contribution is -2.41. The van der Waals surface area contributed by atoms with Crippen molar-refractivity contribution >= 4 is 5.91 Å². The Morgan fingerprint density at radius 1 is 1.35 bits per heavy atom. The minimum atomic E-state index is -0.319. The minimum absolute atomic E-state index is 0.145. The third kappa shape index (κ3) is 4.90. The average Bonchev–Trinajstić information content (AvgIpc) is 2.68. The summed E-state index contributed by atoms with van der Waals surface area (Å²) in [5.41, 5.74) is -0.174. The monoisotopic (exact) mass is 235 g/mol. The molecule has 1 aliphatic carbocycles. The first kappa shape index (κ1) is 13.6. The zero-order valence-corrected chi connectivity index (χ0v) is 10.8. The van der Waals surface area contributed by atoms with Crippen molar-refractivity contribution in [2.75, 3.05) is 0 Å². The summed E-state index contributed by atoms with van der Waals surface area (Å²) < 4.78 is 0. The number of rotatable bonds is 3. The van der Waals surface area contributed by atoms with E-state index in [1.807, 2.05) is 26.8 Å². The van der Waals surface area contributed by atoms with Crippen LogP contribution in [-0.4, -0.2) is 17.5 Å². The first-order valence-electron chi connectivity index (χ1n) is 6.11. The number of nitrogens with zero attached hydrogens (tertiary/aromatic N) is 1. The van der Waals surface area contributed by atoms with Gasteiger partial charge in [-0.05, 0) is 33.6 Å². The number of carbonyl (C=O) groups excluding carboxylic acids is 1. The van der Waals surface area contributed by atoms with Crippen molar-refractivity contribution in [3.05, 3.63) is 11.8 Å². The van der Waals surface area contributed by atoms with Crippen LogP contribution in [0.25, 0.3) is 0 Å². The molecule has 1 fully saturated rings. The molecule has 0 bridgehead atoms. The number of amides is 1. The summed E-state index contributed by atoms with van der Waals surface area (Å²) >= 11 is 0. The van der Waals surface area contributed by atoms with E-state index in [1.54, 1.807) is 6.20 Å². The minimum Gasteiger partial charge on any atom is -0.387 e. The Bertz CT molecular complexity index is 341. The number of hydrogen-bond acceptors (Lipinski definition) is 3. The molecule has 4 heteroatoms. The number of hydrogen-bond donors (Lipinski definition) is 2. The number of nitrogens with one attached hydrogen (secondary N) is 2. The maximum Gasteiger partial charge on any atom is 0.263 e. The van der Waals surface area contributed by atoms with Gasteiger partial charge in [-0.2, -0.15) is 5.26 Å². The Labute approximate surface area is 103 Å². The predicted octanol–water partition coefficient (Wildman–Crippen LogP) is 1.84. The van der Waals surface area contributed by atoms with Gasteiger partial charge in [-0.3, -0.25) is 4.79 Å². The Balaban J connectivity index is 2.55. The van der Waals surface area contributed by atoms with Crippen molar-refractivity contribution in [1.82, 2.24) is 10.6 Å². The third-order valence-electron chi connectivity index (χ3n) is 2.67. The SMILES string of the molecule is CC(C)(C)NC(=O)/C(C#N)=C\NC1CCCC1. The van der Waals surface area contributed by atoms with Crippen molar-refractivity contribution in [3.8, 4) is 6.07 Å². The second-order valence-electron chi connectivity index (χ2n) is 5.52. The van der Waals surface area contributed by atoms with Crippen LogP contribution in [0.3, 0.4) is 0 Å². The molecule has 0 spiro atoms. The summed E-state index contributed by atoms with van der Waals surface area (Å²) in [7, 11) is 0. The molecule has 0 aliphatic heterocycles. The smallest absolute Gasteiger partial charge is 0.263 e. The second-order valence-corrected chi connectivity index (χ2v) is 5.52. The topological polar surface area (TPSA) is 64.9 Å². The lowest BCUT2D eigenvalue weighted by atomic mass is 10.1. The van der Waals surface area contributed by atoms with Gasteiger partial charge < -0.3 is 10.6 Å². The van der Waals surface area contributed by atoms with Crippen LogP contribution in [0.4, 0.5) is 0 Å². The lowest BCUT2D eigenvalue weighted by Gasteiger charge is -2.20. The van der Waals surface area contributed by atoms with Crippen LogP contribution < -0.4 is 10.6 Å². The van der Waals surface area contributed by atoms with E-state index in [-0.39, 0.29) is 17.0 Å². The van der Waals surface area contributed by atoms with Gasteiger partial charge in [0.2, 0.25) is 0 Å². The van der Waals surface area contributed by atoms with E-state index >= 15 is 0 Å². The molecule has 2 N–H and O–H groups in total. The van der Waals surface area contributed by atoms with Crippen LogP contribution in [0.15, 0.2) is 11.8 Å². The quantitative estimate of drug-likeness (QED) is 0.579. The van der Waals surface area contributed by atoms with E-state index in [9.17, 15) is 4.79 Å². The van der Waals surface area contributed by atoms with Gasteiger partial charge in [-0.15, -0.1) is 0 Å². The molecule has 1 rings (SSSR count). The normalized spacial score (nSPS) is 17.6. The molecule has 17 heavy (non-hydrogen) atoms. The maximum atomic E-state index is 11.8. The summed E-state index contributed by atoms with van der Waals surface area (Å²) in [5.74, 6) is -0.314. The molecule has 1 aliphatic rings. The second kappa shape index (κ2) is 5.72. The highest BCUT2D eigenvalue weighted by Gasteiger charge is 2.18. The Morgan fingerprint density at radius 2 is 1.94 bits per heavy atom. The molecule has 94 valence electrons. The molecular weight excluding hydrogens is 214 g/mol. The fraction of sp³-hybridized carbons (Fsp3) is 0.692. The van der Waals surface area contributed by atoms with Gasteiger partial charge in [0, 0.05) is 17.8 Å². The molecule has 0 radical (unpaired) electrons. The fourth-order valence-electron chi connectivity index (χ4n) is 1.85. The zero-order chi connectivity index (χ0) is 12.9. The summed E-state index contributed by atoms with van der Waals surface area (Å²) in [6, 6.07) is 2.35. The molecule has 1 saturated carbocycles. The highest BCUT2D eigenvalue weighted by atomic mass is 16.1. The van der Waals surface area contributed by atoms with Gasteiger partial charge in [0.1, 0.15) is 11.6 Å². The van der Waals surface area contributed by atoms with E-state index < -0.39 is 0 Å². The van der Waals surface area contributed by atoms with Gasteiger partial charge >= 0.3 is 0 Å². The van der Waals surface area contributed by atoms with Crippen LogP contribution in [0.5, 0.6) is 0 Å². The summed E-state index contributed by atoms with van der Waals surface area (Å²) in [5, 5.41) is 14.9. The molecule has 0 atom stereocenters. The van der Waals surface area contributed by atoms with Crippen LogP contribution in [0, 0.1) is 11.3 Å². The molecule has 0 aromatic carbocycles. The van der Waals surface area contributed by atoms with Crippen molar-refractivity contribution in [2.45, 2.75) is 58.0 Å². The zero-order valence-electron chi connectivity index (χ0n) is 10.8.